The predicted octanol–water partition coefficient (Wildman–Crippen LogP) is 5.36. The van der Waals surface area contributed by atoms with Crippen molar-refractivity contribution >= 4 is 21.7 Å². The molecule has 2 aromatic carbocycles. The SMILES string of the molecule is C[C@H](c1ccccc1)S(=O)(=O)Nc1c(F)cc(Oc2ncccc2-c2ccnc(N[C@@H]3CNC[C@@H](F)C3)n2)c(F)c1F. The van der Waals surface area contributed by atoms with Gasteiger partial charge in [0.15, 0.2) is 17.4 Å². The number of alkyl halides is 1. The third kappa shape index (κ3) is 6.44. The summed E-state index contributed by atoms with van der Waals surface area (Å²) in [6.07, 6.45) is 2.03. The van der Waals surface area contributed by atoms with Gasteiger partial charge in [-0.2, -0.15) is 4.39 Å². The van der Waals surface area contributed by atoms with Gasteiger partial charge in [0.2, 0.25) is 27.7 Å². The third-order valence-electron chi connectivity index (χ3n) is 6.64. The maximum Gasteiger partial charge on any atom is 0.239 e. The first-order valence-electron chi connectivity index (χ1n) is 12.9. The summed E-state index contributed by atoms with van der Waals surface area (Å²) in [7, 11) is -4.36. The molecule has 42 heavy (non-hydrogen) atoms. The zero-order valence-electron chi connectivity index (χ0n) is 22.2. The van der Waals surface area contributed by atoms with Crippen LogP contribution in [0.5, 0.6) is 11.6 Å². The summed E-state index contributed by atoms with van der Waals surface area (Å²) in [5.74, 6) is -5.70. The maximum absolute atomic E-state index is 15.1. The van der Waals surface area contributed by atoms with Crippen LogP contribution >= 0.6 is 0 Å². The summed E-state index contributed by atoms with van der Waals surface area (Å²) in [5, 5.41) is 4.84. The number of piperidine rings is 1. The van der Waals surface area contributed by atoms with Crippen LogP contribution in [0.15, 0.2) is 67.0 Å². The van der Waals surface area contributed by atoms with E-state index in [2.05, 4.69) is 25.6 Å². The second-order valence-corrected chi connectivity index (χ2v) is 11.6. The summed E-state index contributed by atoms with van der Waals surface area (Å²) in [6.45, 7) is 2.12. The smallest absolute Gasteiger partial charge is 0.239 e. The van der Waals surface area contributed by atoms with Crippen LogP contribution in [-0.4, -0.2) is 48.7 Å². The zero-order chi connectivity index (χ0) is 29.9. The highest BCUT2D eigenvalue weighted by Gasteiger charge is 2.29. The topological polar surface area (TPSA) is 118 Å². The molecule has 0 saturated carbocycles. The molecule has 3 atom stereocenters. The number of sulfonamides is 1. The minimum Gasteiger partial charge on any atom is -0.435 e. The van der Waals surface area contributed by atoms with E-state index >= 15 is 13.2 Å². The molecule has 9 nitrogen and oxygen atoms in total. The van der Waals surface area contributed by atoms with Crippen molar-refractivity contribution in [3.05, 3.63) is 90.0 Å². The number of nitrogens with one attached hydrogen (secondary N) is 3. The van der Waals surface area contributed by atoms with Crippen LogP contribution < -0.4 is 20.1 Å². The Morgan fingerprint density at radius 1 is 1.00 bits per heavy atom. The lowest BCUT2D eigenvalue weighted by atomic mass is 10.1. The van der Waals surface area contributed by atoms with Gasteiger partial charge in [-0.15, -0.1) is 0 Å². The van der Waals surface area contributed by atoms with Crippen molar-refractivity contribution in [1.82, 2.24) is 20.3 Å². The molecular formula is C28H26F4N6O3S. The molecule has 0 radical (unpaired) electrons. The van der Waals surface area contributed by atoms with Gasteiger partial charge in [-0.3, -0.25) is 4.72 Å². The average molecular weight is 603 g/mol. The quantitative estimate of drug-likeness (QED) is 0.173. The van der Waals surface area contributed by atoms with E-state index in [1.165, 1.54) is 25.4 Å². The Bertz CT molecular complexity index is 1680. The number of rotatable bonds is 9. The lowest BCUT2D eigenvalue weighted by molar-refractivity contribution is 0.254. The van der Waals surface area contributed by atoms with Gasteiger partial charge in [0.25, 0.3) is 0 Å². The van der Waals surface area contributed by atoms with Crippen molar-refractivity contribution in [1.29, 1.82) is 0 Å². The number of hydrogen-bond donors (Lipinski definition) is 3. The normalized spacial score (nSPS) is 17.8. The first-order valence-corrected chi connectivity index (χ1v) is 14.5. The van der Waals surface area contributed by atoms with Gasteiger partial charge in [0.05, 0.1) is 11.3 Å². The molecule has 1 aliphatic rings. The van der Waals surface area contributed by atoms with E-state index in [9.17, 15) is 12.8 Å². The Kier molecular flexibility index (Phi) is 8.54. The highest BCUT2D eigenvalue weighted by molar-refractivity contribution is 7.92. The Balaban J connectivity index is 1.39. The standard InChI is InChI=1S/C28H26F4N6O3S/c1-16(17-6-3-2-4-7-17)42(39,40)38-26-21(30)13-23(24(31)25(26)32)41-27-20(8-5-10-34-27)22-9-11-35-28(37-22)36-19-12-18(29)14-33-15-19/h2-11,13,16,18-19,33,38H,12,14-15H2,1H3,(H,35,36,37)/t16-,18+,19+/m1/s1. The molecule has 4 aromatic rings. The monoisotopic (exact) mass is 602 g/mol. The van der Waals surface area contributed by atoms with Crippen LogP contribution in [0.4, 0.5) is 29.2 Å². The molecule has 5 rings (SSSR count). The summed E-state index contributed by atoms with van der Waals surface area (Å²) in [4.78, 5) is 12.6. The molecule has 1 fully saturated rings. The van der Waals surface area contributed by atoms with E-state index in [0.29, 0.717) is 18.2 Å². The lowest BCUT2D eigenvalue weighted by Gasteiger charge is -2.26. The van der Waals surface area contributed by atoms with Crippen LogP contribution in [0, 0.1) is 17.5 Å². The first-order chi connectivity index (χ1) is 20.1. The van der Waals surface area contributed by atoms with E-state index in [-0.39, 0.29) is 42.1 Å². The van der Waals surface area contributed by atoms with Gasteiger partial charge in [0, 0.05) is 44.0 Å². The molecular weight excluding hydrogens is 576 g/mol. The van der Waals surface area contributed by atoms with Crippen molar-refractivity contribution in [3.8, 4) is 22.9 Å². The van der Waals surface area contributed by atoms with E-state index in [0.717, 1.165) is 0 Å². The molecule has 0 unspecified atom stereocenters. The van der Waals surface area contributed by atoms with Gasteiger partial charge >= 0.3 is 0 Å². The average Bonchev–Trinajstić information content (AvgIpc) is 2.98. The van der Waals surface area contributed by atoms with E-state index in [1.807, 2.05) is 4.72 Å². The molecule has 0 spiro atoms. The minimum atomic E-state index is -4.36. The van der Waals surface area contributed by atoms with Gasteiger partial charge in [-0.05, 0) is 30.7 Å². The Hall–Kier alpha value is -4.30. The van der Waals surface area contributed by atoms with Crippen LogP contribution in [0.25, 0.3) is 11.3 Å². The first kappa shape index (κ1) is 29.2. The lowest BCUT2D eigenvalue weighted by Crippen LogP contribution is -2.44. The summed E-state index contributed by atoms with van der Waals surface area (Å²) in [5.41, 5.74) is -0.270. The second-order valence-electron chi connectivity index (χ2n) is 9.62. The fourth-order valence-corrected chi connectivity index (χ4v) is 5.57. The van der Waals surface area contributed by atoms with Crippen LogP contribution in [0.3, 0.4) is 0 Å². The second kappa shape index (κ2) is 12.3. The number of ether oxygens (including phenoxy) is 1. The third-order valence-corrected chi connectivity index (χ3v) is 8.34. The molecule has 1 aliphatic heterocycles. The van der Waals surface area contributed by atoms with Crippen LogP contribution in [0.1, 0.15) is 24.2 Å². The molecule has 0 amide bonds. The number of pyridine rings is 1. The molecule has 0 aliphatic carbocycles. The van der Waals surface area contributed by atoms with Crippen molar-refractivity contribution < 1.29 is 30.7 Å². The van der Waals surface area contributed by atoms with Gasteiger partial charge in [-0.1, -0.05) is 30.3 Å². The van der Waals surface area contributed by atoms with Gasteiger partial charge < -0.3 is 15.4 Å². The Morgan fingerprint density at radius 2 is 1.79 bits per heavy atom. The van der Waals surface area contributed by atoms with Crippen molar-refractivity contribution in [2.24, 2.45) is 0 Å². The number of halogens is 4. The fraction of sp³-hybridized carbons (Fsp3) is 0.250. The maximum atomic E-state index is 15.1. The number of aromatic nitrogens is 3. The van der Waals surface area contributed by atoms with E-state index < -0.39 is 50.3 Å². The van der Waals surface area contributed by atoms with Gasteiger partial charge in [0.1, 0.15) is 17.1 Å². The predicted molar refractivity (Wildman–Crippen MR) is 149 cm³/mol. The van der Waals surface area contributed by atoms with Crippen molar-refractivity contribution in [2.45, 2.75) is 30.8 Å². The summed E-state index contributed by atoms with van der Waals surface area (Å²) in [6, 6.07) is 12.9. The minimum absolute atomic E-state index is 0.202. The number of hydrogen-bond acceptors (Lipinski definition) is 8. The molecule has 3 heterocycles. The Morgan fingerprint density at radius 3 is 2.55 bits per heavy atom. The highest BCUT2D eigenvalue weighted by Crippen LogP contribution is 2.36. The summed E-state index contributed by atoms with van der Waals surface area (Å²) < 4.78 is 91.9. The molecule has 14 heteroatoms. The zero-order valence-corrected chi connectivity index (χ0v) is 23.0. The molecule has 0 bridgehead atoms. The number of benzene rings is 2. The summed E-state index contributed by atoms with van der Waals surface area (Å²) >= 11 is 0. The molecule has 3 N–H and O–H groups in total. The van der Waals surface area contributed by atoms with E-state index in [1.54, 1.807) is 42.5 Å². The molecule has 220 valence electrons. The largest absolute Gasteiger partial charge is 0.435 e. The van der Waals surface area contributed by atoms with E-state index in [4.69, 9.17) is 4.74 Å². The van der Waals surface area contributed by atoms with Gasteiger partial charge in [-0.25, -0.2) is 36.5 Å². The fourth-order valence-electron chi connectivity index (χ4n) is 4.41. The molecule has 2 aromatic heterocycles. The number of anilines is 2. The van der Waals surface area contributed by atoms with Crippen LogP contribution in [-0.2, 0) is 10.0 Å². The highest BCUT2D eigenvalue weighted by atomic mass is 32.2. The Labute approximate surface area is 239 Å². The van der Waals surface area contributed by atoms with Crippen molar-refractivity contribution in [2.75, 3.05) is 23.1 Å². The number of nitrogens with zero attached hydrogens (tertiary/aromatic N) is 3. The molecule has 1 saturated heterocycles. The van der Waals surface area contributed by atoms with Crippen LogP contribution in [0.2, 0.25) is 0 Å². The van der Waals surface area contributed by atoms with Crippen molar-refractivity contribution in [3.63, 3.8) is 0 Å².